The molecule has 0 saturated heterocycles. The summed E-state index contributed by atoms with van der Waals surface area (Å²) in [7, 11) is 0. The van der Waals surface area contributed by atoms with Crippen molar-refractivity contribution in [3.8, 4) is 0 Å². The maximum absolute atomic E-state index is 10.3. The number of carboxylic acid groups (broad SMARTS) is 1. The first-order valence-corrected chi connectivity index (χ1v) is 6.17. The minimum Gasteiger partial charge on any atom is -0.481 e. The highest BCUT2D eigenvalue weighted by Crippen LogP contribution is 2.23. The molecule has 1 N–H and O–H groups in total. The van der Waals surface area contributed by atoms with Crippen molar-refractivity contribution >= 4 is 5.97 Å². The zero-order valence-electron chi connectivity index (χ0n) is 9.45. The van der Waals surface area contributed by atoms with Gasteiger partial charge in [0.15, 0.2) is 0 Å². The molecule has 0 bridgehead atoms. The molecule has 2 heteroatoms. The van der Waals surface area contributed by atoms with Crippen LogP contribution in [-0.4, -0.2) is 11.1 Å². The van der Waals surface area contributed by atoms with Gasteiger partial charge < -0.3 is 5.11 Å². The summed E-state index contributed by atoms with van der Waals surface area (Å²) in [6, 6.07) is 0. The highest BCUT2D eigenvalue weighted by molar-refractivity contribution is 5.66. The maximum atomic E-state index is 10.3. The second-order valence-corrected chi connectivity index (χ2v) is 4.47. The van der Waals surface area contributed by atoms with E-state index in [0.717, 1.165) is 18.8 Å². The molecule has 1 atom stereocenters. The van der Waals surface area contributed by atoms with Crippen LogP contribution in [-0.2, 0) is 4.79 Å². The molecule has 1 aliphatic carbocycles. The van der Waals surface area contributed by atoms with E-state index in [1.165, 1.54) is 38.5 Å². The zero-order valence-corrected chi connectivity index (χ0v) is 9.45. The Morgan fingerprint density at radius 1 is 1.20 bits per heavy atom. The van der Waals surface area contributed by atoms with Crippen LogP contribution in [0.3, 0.4) is 0 Å². The van der Waals surface area contributed by atoms with Crippen molar-refractivity contribution in [3.63, 3.8) is 0 Å². The zero-order chi connectivity index (χ0) is 10.9. The molecule has 86 valence electrons. The number of hydrogen-bond donors (Lipinski definition) is 1. The summed E-state index contributed by atoms with van der Waals surface area (Å²) in [6.45, 7) is 0. The topological polar surface area (TPSA) is 37.3 Å². The molecular formula is C13H22O2. The molecule has 1 unspecified atom stereocenters. The van der Waals surface area contributed by atoms with Crippen LogP contribution in [0.25, 0.3) is 0 Å². The number of aliphatic carboxylic acids is 1. The number of allylic oxidation sites excluding steroid dienone is 2. The van der Waals surface area contributed by atoms with E-state index in [0.29, 0.717) is 6.42 Å². The SMILES string of the molecule is O=C(O)CCCCCCCC1C=CCC1. The predicted octanol–water partition coefficient (Wildman–Crippen LogP) is 3.77. The molecule has 0 spiro atoms. The number of unbranched alkanes of at least 4 members (excludes halogenated alkanes) is 4. The van der Waals surface area contributed by atoms with E-state index in [1.807, 2.05) is 0 Å². The van der Waals surface area contributed by atoms with E-state index in [2.05, 4.69) is 12.2 Å². The normalized spacial score (nSPS) is 19.6. The van der Waals surface area contributed by atoms with E-state index in [1.54, 1.807) is 0 Å². The van der Waals surface area contributed by atoms with Crippen LogP contribution >= 0.6 is 0 Å². The molecule has 15 heavy (non-hydrogen) atoms. The minimum absolute atomic E-state index is 0.339. The van der Waals surface area contributed by atoms with Gasteiger partial charge in [-0.3, -0.25) is 4.79 Å². The van der Waals surface area contributed by atoms with Crippen molar-refractivity contribution in [3.05, 3.63) is 12.2 Å². The van der Waals surface area contributed by atoms with Gasteiger partial charge in [0.05, 0.1) is 0 Å². The molecule has 0 fully saturated rings. The highest BCUT2D eigenvalue weighted by atomic mass is 16.4. The van der Waals surface area contributed by atoms with Crippen LogP contribution in [0.15, 0.2) is 12.2 Å². The van der Waals surface area contributed by atoms with Crippen molar-refractivity contribution in [2.75, 3.05) is 0 Å². The summed E-state index contributed by atoms with van der Waals surface area (Å²) in [5, 5.41) is 8.45. The largest absolute Gasteiger partial charge is 0.481 e. The summed E-state index contributed by atoms with van der Waals surface area (Å²) in [5.41, 5.74) is 0. The van der Waals surface area contributed by atoms with E-state index >= 15 is 0 Å². The van der Waals surface area contributed by atoms with Crippen LogP contribution in [0.1, 0.15) is 57.8 Å². The van der Waals surface area contributed by atoms with Crippen LogP contribution < -0.4 is 0 Å². The first-order valence-electron chi connectivity index (χ1n) is 6.17. The number of carboxylic acids is 1. The fourth-order valence-electron chi connectivity index (χ4n) is 2.15. The fourth-order valence-corrected chi connectivity index (χ4v) is 2.15. The van der Waals surface area contributed by atoms with E-state index in [9.17, 15) is 4.79 Å². The molecule has 0 aromatic carbocycles. The fraction of sp³-hybridized carbons (Fsp3) is 0.769. The lowest BCUT2D eigenvalue weighted by Crippen LogP contribution is -1.94. The second-order valence-electron chi connectivity index (χ2n) is 4.47. The Morgan fingerprint density at radius 2 is 1.93 bits per heavy atom. The van der Waals surface area contributed by atoms with E-state index < -0.39 is 5.97 Å². The molecule has 0 aromatic rings. The van der Waals surface area contributed by atoms with E-state index in [-0.39, 0.29) is 0 Å². The van der Waals surface area contributed by atoms with Gasteiger partial charge in [0.1, 0.15) is 0 Å². The average Bonchev–Trinajstić information content (AvgIpc) is 2.68. The average molecular weight is 210 g/mol. The molecule has 0 saturated carbocycles. The van der Waals surface area contributed by atoms with Crippen molar-refractivity contribution in [2.24, 2.45) is 5.92 Å². The van der Waals surface area contributed by atoms with Gasteiger partial charge in [0.25, 0.3) is 0 Å². The third-order valence-corrected chi connectivity index (χ3v) is 3.08. The number of rotatable bonds is 8. The summed E-state index contributed by atoms with van der Waals surface area (Å²) in [4.78, 5) is 10.3. The lowest BCUT2D eigenvalue weighted by atomic mass is 10.00. The van der Waals surface area contributed by atoms with Crippen molar-refractivity contribution in [2.45, 2.75) is 57.8 Å². The number of carbonyl (C=O) groups is 1. The summed E-state index contributed by atoms with van der Waals surface area (Å²) >= 11 is 0. The maximum Gasteiger partial charge on any atom is 0.303 e. The van der Waals surface area contributed by atoms with Gasteiger partial charge in [-0.2, -0.15) is 0 Å². The van der Waals surface area contributed by atoms with Gasteiger partial charge in [-0.25, -0.2) is 0 Å². The van der Waals surface area contributed by atoms with Crippen LogP contribution in [0.5, 0.6) is 0 Å². The third kappa shape index (κ3) is 6.32. The van der Waals surface area contributed by atoms with Gasteiger partial charge in [0, 0.05) is 6.42 Å². The first kappa shape index (κ1) is 12.3. The molecule has 0 radical (unpaired) electrons. The van der Waals surface area contributed by atoms with Crippen molar-refractivity contribution in [1.82, 2.24) is 0 Å². The molecular weight excluding hydrogens is 188 g/mol. The standard InChI is InChI=1S/C13H22O2/c14-13(15)11-5-3-1-2-4-8-12-9-6-7-10-12/h6,9,12H,1-5,7-8,10-11H2,(H,14,15). The van der Waals surface area contributed by atoms with Gasteiger partial charge in [-0.1, -0.05) is 37.8 Å². The van der Waals surface area contributed by atoms with E-state index in [4.69, 9.17) is 5.11 Å². The molecule has 0 aliphatic heterocycles. The monoisotopic (exact) mass is 210 g/mol. The predicted molar refractivity (Wildman–Crippen MR) is 61.8 cm³/mol. The summed E-state index contributed by atoms with van der Waals surface area (Å²) in [5.74, 6) is 0.176. The van der Waals surface area contributed by atoms with Crippen LogP contribution in [0.4, 0.5) is 0 Å². The molecule has 0 aromatic heterocycles. The lowest BCUT2D eigenvalue weighted by molar-refractivity contribution is -0.137. The van der Waals surface area contributed by atoms with Gasteiger partial charge in [0.2, 0.25) is 0 Å². The summed E-state index contributed by atoms with van der Waals surface area (Å²) in [6.07, 6.45) is 14.6. The Hall–Kier alpha value is -0.790. The smallest absolute Gasteiger partial charge is 0.303 e. The molecule has 1 rings (SSSR count). The Bertz CT molecular complexity index is 209. The third-order valence-electron chi connectivity index (χ3n) is 3.08. The molecule has 0 amide bonds. The number of hydrogen-bond acceptors (Lipinski definition) is 1. The van der Waals surface area contributed by atoms with Crippen molar-refractivity contribution < 1.29 is 9.90 Å². The Kier molecular flexibility index (Phi) is 6.14. The second kappa shape index (κ2) is 7.49. The molecule has 0 heterocycles. The van der Waals surface area contributed by atoms with Gasteiger partial charge >= 0.3 is 5.97 Å². The Labute approximate surface area is 92.4 Å². The van der Waals surface area contributed by atoms with Gasteiger partial charge in [-0.15, -0.1) is 0 Å². The first-order chi connectivity index (χ1) is 7.29. The lowest BCUT2D eigenvalue weighted by Gasteiger charge is -2.06. The molecule has 2 nitrogen and oxygen atoms in total. The quantitative estimate of drug-likeness (QED) is 0.489. The minimum atomic E-state index is -0.661. The summed E-state index contributed by atoms with van der Waals surface area (Å²) < 4.78 is 0. The Morgan fingerprint density at radius 3 is 2.60 bits per heavy atom. The highest BCUT2D eigenvalue weighted by Gasteiger charge is 2.07. The Balaban J connectivity index is 1.80. The molecule has 1 aliphatic rings. The van der Waals surface area contributed by atoms with Crippen LogP contribution in [0.2, 0.25) is 0 Å². The van der Waals surface area contributed by atoms with Gasteiger partial charge in [-0.05, 0) is 31.6 Å². The van der Waals surface area contributed by atoms with Crippen molar-refractivity contribution in [1.29, 1.82) is 0 Å². The van der Waals surface area contributed by atoms with Crippen LogP contribution in [0, 0.1) is 5.92 Å².